The summed E-state index contributed by atoms with van der Waals surface area (Å²) >= 11 is 5.19. The average molecular weight is 305 g/mol. The first-order valence-electron chi connectivity index (χ1n) is 6.58. The summed E-state index contributed by atoms with van der Waals surface area (Å²) in [5.41, 5.74) is 3.32. The number of esters is 1. The number of nitrogens with zero attached hydrogens (tertiary/aromatic N) is 1. The monoisotopic (exact) mass is 305 g/mol. The Balaban J connectivity index is 2.41. The molecule has 1 unspecified atom stereocenters. The molecule has 1 aromatic carbocycles. The second-order valence-electron chi connectivity index (χ2n) is 5.05. The first-order valence-corrected chi connectivity index (χ1v) is 6.98. The van der Waals surface area contributed by atoms with Gasteiger partial charge in [-0.25, -0.2) is 4.79 Å². The molecular formula is C15H19N3O2S. The fourth-order valence-corrected chi connectivity index (χ4v) is 2.56. The van der Waals surface area contributed by atoms with Crippen LogP contribution in [0.5, 0.6) is 0 Å². The smallest absolute Gasteiger partial charge is 0.337 e. The summed E-state index contributed by atoms with van der Waals surface area (Å²) in [4.78, 5) is 14.1. The van der Waals surface area contributed by atoms with Crippen molar-refractivity contribution in [1.82, 2.24) is 10.6 Å². The molecule has 6 heteroatoms. The molecule has 0 bridgehead atoms. The van der Waals surface area contributed by atoms with Crippen LogP contribution in [0.25, 0.3) is 0 Å². The summed E-state index contributed by atoms with van der Waals surface area (Å²) in [6, 6.07) is 7.68. The third-order valence-corrected chi connectivity index (χ3v) is 3.64. The zero-order valence-corrected chi connectivity index (χ0v) is 13.4. The molecule has 0 amide bonds. The number of carbonyl (C=O) groups is 1. The Hall–Kier alpha value is -2.08. The van der Waals surface area contributed by atoms with Gasteiger partial charge in [0.25, 0.3) is 0 Å². The molecule has 0 radical (unpaired) electrons. The van der Waals surface area contributed by atoms with Crippen LogP contribution in [-0.4, -0.2) is 32.3 Å². The standard InChI is InChI=1S/C15H19N3O2S/c1-9-12(14(19)20-4)13(17-15(21)16-9)10-5-7-11(8-6-10)18(2)3/h5-8,13H,1-4H3,(H2,16,17,21). The molecule has 1 atom stereocenters. The van der Waals surface area contributed by atoms with Crippen molar-refractivity contribution in [3.05, 3.63) is 41.1 Å². The lowest BCUT2D eigenvalue weighted by Crippen LogP contribution is -2.45. The van der Waals surface area contributed by atoms with Gasteiger partial charge < -0.3 is 20.3 Å². The van der Waals surface area contributed by atoms with Crippen molar-refractivity contribution >= 4 is 29.0 Å². The highest BCUT2D eigenvalue weighted by Crippen LogP contribution is 2.28. The molecule has 1 heterocycles. The molecule has 0 aromatic heterocycles. The van der Waals surface area contributed by atoms with Gasteiger partial charge in [0.1, 0.15) is 0 Å². The van der Waals surface area contributed by atoms with E-state index in [1.165, 1.54) is 7.11 Å². The lowest BCUT2D eigenvalue weighted by molar-refractivity contribution is -0.136. The van der Waals surface area contributed by atoms with Crippen LogP contribution in [0.1, 0.15) is 18.5 Å². The number of methoxy groups -OCH3 is 1. The van der Waals surface area contributed by atoms with Crippen LogP contribution >= 0.6 is 12.2 Å². The summed E-state index contributed by atoms with van der Waals surface area (Å²) in [6.45, 7) is 1.82. The van der Waals surface area contributed by atoms with Crippen LogP contribution in [0, 0.1) is 0 Å². The molecule has 5 nitrogen and oxygen atoms in total. The maximum atomic E-state index is 12.0. The molecular weight excluding hydrogens is 286 g/mol. The Labute approximate surface area is 130 Å². The highest BCUT2D eigenvalue weighted by molar-refractivity contribution is 7.80. The van der Waals surface area contributed by atoms with E-state index in [1.54, 1.807) is 0 Å². The van der Waals surface area contributed by atoms with Crippen molar-refractivity contribution in [1.29, 1.82) is 0 Å². The van der Waals surface area contributed by atoms with Crippen LogP contribution < -0.4 is 15.5 Å². The summed E-state index contributed by atoms with van der Waals surface area (Å²) in [6.07, 6.45) is 0. The Kier molecular flexibility index (Phi) is 4.47. The lowest BCUT2D eigenvalue weighted by atomic mass is 9.95. The molecule has 0 aliphatic carbocycles. The first kappa shape index (κ1) is 15.3. The van der Waals surface area contributed by atoms with Gasteiger partial charge in [-0.2, -0.15) is 0 Å². The number of rotatable bonds is 3. The minimum absolute atomic E-state index is 0.303. The molecule has 2 rings (SSSR count). The van der Waals surface area contributed by atoms with Gasteiger partial charge in [-0.1, -0.05) is 12.1 Å². The van der Waals surface area contributed by atoms with E-state index in [4.69, 9.17) is 17.0 Å². The van der Waals surface area contributed by atoms with E-state index in [2.05, 4.69) is 10.6 Å². The van der Waals surface area contributed by atoms with E-state index in [1.807, 2.05) is 50.2 Å². The van der Waals surface area contributed by atoms with Crippen LogP contribution in [-0.2, 0) is 9.53 Å². The lowest BCUT2D eigenvalue weighted by Gasteiger charge is -2.29. The van der Waals surface area contributed by atoms with E-state index in [0.717, 1.165) is 11.3 Å². The Bertz CT molecular complexity index is 593. The quantitative estimate of drug-likeness (QED) is 0.655. The number of hydrogen-bond acceptors (Lipinski definition) is 4. The number of benzene rings is 1. The van der Waals surface area contributed by atoms with Crippen LogP contribution in [0.15, 0.2) is 35.5 Å². The number of nitrogens with one attached hydrogen (secondary N) is 2. The van der Waals surface area contributed by atoms with E-state index < -0.39 is 0 Å². The Morgan fingerprint density at radius 2 is 1.90 bits per heavy atom. The molecule has 0 spiro atoms. The van der Waals surface area contributed by atoms with Gasteiger partial charge in [0, 0.05) is 25.5 Å². The number of carbonyl (C=O) groups excluding carboxylic acids is 1. The van der Waals surface area contributed by atoms with Crippen LogP contribution in [0.2, 0.25) is 0 Å². The van der Waals surface area contributed by atoms with Gasteiger partial charge in [0.15, 0.2) is 5.11 Å². The van der Waals surface area contributed by atoms with Gasteiger partial charge in [-0.05, 0) is 36.8 Å². The topological polar surface area (TPSA) is 53.6 Å². The summed E-state index contributed by atoms with van der Waals surface area (Å²) in [5, 5.41) is 6.59. The minimum atomic E-state index is -0.364. The zero-order valence-electron chi connectivity index (χ0n) is 12.6. The van der Waals surface area contributed by atoms with E-state index in [9.17, 15) is 4.79 Å². The Morgan fingerprint density at radius 1 is 1.29 bits per heavy atom. The maximum Gasteiger partial charge on any atom is 0.337 e. The van der Waals surface area contributed by atoms with Gasteiger partial charge >= 0.3 is 5.97 Å². The fraction of sp³-hybridized carbons (Fsp3) is 0.333. The van der Waals surface area contributed by atoms with Gasteiger partial charge in [-0.15, -0.1) is 0 Å². The highest BCUT2D eigenvalue weighted by Gasteiger charge is 2.30. The van der Waals surface area contributed by atoms with Gasteiger partial charge in [-0.3, -0.25) is 0 Å². The summed E-state index contributed by atoms with van der Waals surface area (Å²) in [5.74, 6) is -0.364. The number of anilines is 1. The van der Waals surface area contributed by atoms with E-state index in [-0.39, 0.29) is 12.0 Å². The van der Waals surface area contributed by atoms with Crippen molar-refractivity contribution < 1.29 is 9.53 Å². The average Bonchev–Trinajstić information content (AvgIpc) is 2.45. The molecule has 0 saturated carbocycles. The second-order valence-corrected chi connectivity index (χ2v) is 5.46. The number of ether oxygens (including phenoxy) is 1. The molecule has 1 aliphatic heterocycles. The van der Waals surface area contributed by atoms with Crippen molar-refractivity contribution in [2.75, 3.05) is 26.1 Å². The molecule has 0 fully saturated rings. The first-order chi connectivity index (χ1) is 9.93. The highest BCUT2D eigenvalue weighted by atomic mass is 32.1. The minimum Gasteiger partial charge on any atom is -0.466 e. The fourth-order valence-electron chi connectivity index (χ4n) is 2.29. The van der Waals surface area contributed by atoms with Crippen molar-refractivity contribution in [3.63, 3.8) is 0 Å². The normalized spacial score (nSPS) is 17.9. The van der Waals surface area contributed by atoms with E-state index >= 15 is 0 Å². The van der Waals surface area contributed by atoms with Crippen molar-refractivity contribution in [3.8, 4) is 0 Å². The third-order valence-electron chi connectivity index (χ3n) is 3.42. The van der Waals surface area contributed by atoms with Crippen LogP contribution in [0.3, 0.4) is 0 Å². The molecule has 1 aromatic rings. The number of thiocarbonyl (C=S) groups is 1. The summed E-state index contributed by atoms with van der Waals surface area (Å²) in [7, 11) is 5.34. The largest absolute Gasteiger partial charge is 0.466 e. The predicted octanol–water partition coefficient (Wildman–Crippen LogP) is 1.72. The van der Waals surface area contributed by atoms with Gasteiger partial charge in [0.05, 0.1) is 18.7 Å². The maximum absolute atomic E-state index is 12.0. The second kappa shape index (κ2) is 6.13. The molecule has 2 N–H and O–H groups in total. The Morgan fingerprint density at radius 3 is 2.43 bits per heavy atom. The van der Waals surface area contributed by atoms with Crippen molar-refractivity contribution in [2.24, 2.45) is 0 Å². The third kappa shape index (κ3) is 3.16. The summed E-state index contributed by atoms with van der Waals surface area (Å²) < 4.78 is 4.88. The molecule has 1 aliphatic rings. The van der Waals surface area contributed by atoms with Crippen LogP contribution in [0.4, 0.5) is 5.69 Å². The predicted molar refractivity (Wildman–Crippen MR) is 87.1 cm³/mol. The zero-order chi connectivity index (χ0) is 15.6. The van der Waals surface area contributed by atoms with Gasteiger partial charge in [0.2, 0.25) is 0 Å². The SMILES string of the molecule is COC(=O)C1=C(C)NC(=S)NC1c1ccc(N(C)C)cc1. The van der Waals surface area contributed by atoms with E-state index in [0.29, 0.717) is 16.4 Å². The number of allylic oxidation sites excluding steroid dienone is 1. The molecule has 112 valence electrons. The van der Waals surface area contributed by atoms with Crippen molar-refractivity contribution in [2.45, 2.75) is 13.0 Å². The molecule has 0 saturated heterocycles. The number of hydrogen-bond donors (Lipinski definition) is 2. The molecule has 21 heavy (non-hydrogen) atoms.